The van der Waals surface area contributed by atoms with Crippen LogP contribution in [0.4, 0.5) is 0 Å². The van der Waals surface area contributed by atoms with E-state index < -0.39 is 18.1 Å². The van der Waals surface area contributed by atoms with Gasteiger partial charge in [0.15, 0.2) is 12.1 Å². The van der Waals surface area contributed by atoms with Gasteiger partial charge in [0.1, 0.15) is 6.61 Å². The minimum atomic E-state index is -0.883. The van der Waals surface area contributed by atoms with E-state index in [0.29, 0.717) is 19.3 Å². The van der Waals surface area contributed by atoms with E-state index in [9.17, 15) is 19.5 Å². The number of ether oxygens (including phenoxy) is 3. The van der Waals surface area contributed by atoms with E-state index in [-0.39, 0.29) is 36.2 Å². The molecule has 2 atom stereocenters. The second kappa shape index (κ2) is 36.0. The van der Waals surface area contributed by atoms with Crippen molar-refractivity contribution in [1.29, 1.82) is 0 Å². The topological polar surface area (TPSA) is 99.1 Å². The van der Waals surface area contributed by atoms with Gasteiger partial charge in [-0.1, -0.05) is 139 Å². The third kappa shape index (κ3) is 34.5. The van der Waals surface area contributed by atoms with Crippen LogP contribution in [0.1, 0.15) is 155 Å². The molecule has 0 aliphatic heterocycles. The van der Waals surface area contributed by atoms with Gasteiger partial charge in [-0.05, 0) is 57.8 Å². The molecule has 0 heterocycles. The smallest absolute Gasteiger partial charge is 0.362 e. The van der Waals surface area contributed by atoms with E-state index in [1.165, 1.54) is 38.5 Å². The molecular formula is C45H78NO7+. The fourth-order valence-electron chi connectivity index (χ4n) is 5.67. The summed E-state index contributed by atoms with van der Waals surface area (Å²) >= 11 is 0. The summed E-state index contributed by atoms with van der Waals surface area (Å²) in [7, 11) is 5.50. The van der Waals surface area contributed by atoms with Crippen LogP contribution in [0.5, 0.6) is 0 Å². The largest absolute Gasteiger partial charge is 0.477 e. The fourth-order valence-corrected chi connectivity index (χ4v) is 5.67. The zero-order valence-electron chi connectivity index (χ0n) is 34.4. The normalized spacial score (nSPS) is 13.6. The molecule has 0 bridgehead atoms. The van der Waals surface area contributed by atoms with Crippen molar-refractivity contribution in [1.82, 2.24) is 0 Å². The Labute approximate surface area is 324 Å². The van der Waals surface area contributed by atoms with Crippen molar-refractivity contribution < 1.29 is 38.2 Å². The highest BCUT2D eigenvalue weighted by Crippen LogP contribution is 2.13. The molecular weight excluding hydrogens is 666 g/mol. The maximum absolute atomic E-state index is 12.7. The van der Waals surface area contributed by atoms with Gasteiger partial charge in [0.05, 0.1) is 34.4 Å². The minimum Gasteiger partial charge on any atom is -0.477 e. The molecule has 0 spiro atoms. The van der Waals surface area contributed by atoms with Gasteiger partial charge in [-0.2, -0.15) is 0 Å². The SMILES string of the molecule is CCCC/C=C/CCCCCCCC(=O)OC(COCCC(C(=O)O)[N+](C)(C)C)COC(=O)CCCCCCC/C=C/C=C/C=C/C=C/CCCCC. The third-order valence-corrected chi connectivity index (χ3v) is 8.98. The average Bonchev–Trinajstić information content (AvgIpc) is 3.11. The molecule has 0 aromatic heterocycles. The number of nitrogens with zero attached hydrogens (tertiary/aromatic N) is 1. The number of carboxylic acids is 1. The number of likely N-dealkylation sites (N-methyl/N-ethyl adjacent to an activating group) is 1. The number of quaternary nitrogens is 1. The Morgan fingerprint density at radius 3 is 1.58 bits per heavy atom. The molecule has 0 amide bonds. The molecule has 1 N–H and O–H groups in total. The van der Waals surface area contributed by atoms with Crippen molar-refractivity contribution >= 4 is 17.9 Å². The van der Waals surface area contributed by atoms with Crippen LogP contribution >= 0.6 is 0 Å². The van der Waals surface area contributed by atoms with Crippen molar-refractivity contribution in [3.8, 4) is 0 Å². The molecule has 53 heavy (non-hydrogen) atoms. The molecule has 2 unspecified atom stereocenters. The van der Waals surface area contributed by atoms with Crippen LogP contribution in [-0.4, -0.2) is 80.6 Å². The van der Waals surface area contributed by atoms with Crippen molar-refractivity contribution in [2.75, 3.05) is 41.0 Å². The molecule has 0 radical (unpaired) electrons. The van der Waals surface area contributed by atoms with Crippen LogP contribution in [0.15, 0.2) is 60.8 Å². The quantitative estimate of drug-likeness (QED) is 0.0224. The zero-order chi connectivity index (χ0) is 39.3. The molecule has 0 aromatic rings. The lowest BCUT2D eigenvalue weighted by Crippen LogP contribution is -2.50. The van der Waals surface area contributed by atoms with Gasteiger partial charge in [0.2, 0.25) is 0 Å². The van der Waals surface area contributed by atoms with Crippen LogP contribution in [0.3, 0.4) is 0 Å². The number of hydrogen-bond acceptors (Lipinski definition) is 6. The number of hydrogen-bond donors (Lipinski definition) is 1. The second-order valence-electron chi connectivity index (χ2n) is 15.0. The summed E-state index contributed by atoms with van der Waals surface area (Å²) < 4.78 is 17.2. The molecule has 8 heteroatoms. The summed E-state index contributed by atoms with van der Waals surface area (Å²) in [4.78, 5) is 36.9. The number of carboxylic acid groups (broad SMARTS) is 1. The van der Waals surface area contributed by atoms with Gasteiger partial charge in [-0.15, -0.1) is 0 Å². The van der Waals surface area contributed by atoms with Crippen LogP contribution in [0, 0.1) is 0 Å². The van der Waals surface area contributed by atoms with Crippen LogP contribution in [-0.2, 0) is 28.6 Å². The number of aliphatic carboxylic acids is 1. The summed E-state index contributed by atoms with van der Waals surface area (Å²) in [6, 6.07) is -0.621. The van der Waals surface area contributed by atoms with E-state index in [1.807, 2.05) is 27.2 Å². The Kier molecular flexibility index (Phi) is 34.0. The van der Waals surface area contributed by atoms with Gasteiger partial charge in [0, 0.05) is 19.3 Å². The molecule has 0 saturated carbocycles. The van der Waals surface area contributed by atoms with Crippen molar-refractivity contribution in [2.24, 2.45) is 0 Å². The Morgan fingerprint density at radius 2 is 1.04 bits per heavy atom. The average molecular weight is 745 g/mol. The number of unbranched alkanes of at least 4 members (excludes halogenated alkanes) is 15. The first-order chi connectivity index (χ1) is 25.6. The van der Waals surface area contributed by atoms with Gasteiger partial charge in [-0.25, -0.2) is 4.79 Å². The fraction of sp³-hybridized carbons (Fsp3) is 0.711. The Morgan fingerprint density at radius 1 is 0.566 bits per heavy atom. The molecule has 0 fully saturated rings. The van der Waals surface area contributed by atoms with Crippen molar-refractivity contribution in [3.05, 3.63) is 60.8 Å². The Bertz CT molecular complexity index is 1050. The summed E-state index contributed by atoms with van der Waals surface area (Å²) in [6.45, 7) is 4.61. The van der Waals surface area contributed by atoms with Gasteiger partial charge >= 0.3 is 17.9 Å². The highest BCUT2D eigenvalue weighted by Gasteiger charge is 2.31. The first-order valence-corrected chi connectivity index (χ1v) is 20.9. The first kappa shape index (κ1) is 50.0. The highest BCUT2D eigenvalue weighted by atomic mass is 16.6. The standard InChI is InChI=1S/C45H77NO7/c1-6-8-10-12-14-16-18-19-20-21-22-23-24-26-27-29-31-33-35-43(47)52-40-41(39-51-38-37-42(45(49)50)46(3,4)5)53-44(48)36-34-32-30-28-25-17-15-13-11-9-7-2/h13-16,18-23,41-42H,6-12,17,24-40H2,1-5H3/p+1/b15-13+,16-14+,19-18+,21-20+,23-22+. The monoisotopic (exact) mass is 745 g/mol. The van der Waals surface area contributed by atoms with Crippen LogP contribution in [0.25, 0.3) is 0 Å². The number of rotatable bonds is 36. The highest BCUT2D eigenvalue weighted by molar-refractivity contribution is 5.72. The molecule has 0 saturated heterocycles. The van der Waals surface area contributed by atoms with Crippen LogP contribution in [0.2, 0.25) is 0 Å². The summed E-state index contributed by atoms with van der Waals surface area (Å²) in [5, 5.41) is 9.60. The molecule has 304 valence electrons. The Hall–Kier alpha value is -2.97. The van der Waals surface area contributed by atoms with Crippen molar-refractivity contribution in [3.63, 3.8) is 0 Å². The predicted molar refractivity (Wildman–Crippen MR) is 220 cm³/mol. The van der Waals surface area contributed by atoms with E-state index >= 15 is 0 Å². The summed E-state index contributed by atoms with van der Waals surface area (Å²) in [5.41, 5.74) is 0. The lowest BCUT2D eigenvalue weighted by molar-refractivity contribution is -0.887. The van der Waals surface area contributed by atoms with Gasteiger partial charge in [0.25, 0.3) is 0 Å². The van der Waals surface area contributed by atoms with E-state index in [4.69, 9.17) is 14.2 Å². The van der Waals surface area contributed by atoms with Gasteiger partial charge < -0.3 is 23.8 Å². The summed E-state index contributed by atoms with van der Waals surface area (Å²) in [5.74, 6) is -1.52. The zero-order valence-corrected chi connectivity index (χ0v) is 34.4. The third-order valence-electron chi connectivity index (χ3n) is 8.98. The van der Waals surface area contributed by atoms with Crippen LogP contribution < -0.4 is 0 Å². The minimum absolute atomic E-state index is 0.0474. The van der Waals surface area contributed by atoms with E-state index in [1.54, 1.807) is 0 Å². The van der Waals surface area contributed by atoms with Crippen molar-refractivity contribution in [2.45, 2.75) is 167 Å². The molecule has 0 aliphatic carbocycles. The number of carbonyl (C=O) groups is 3. The summed E-state index contributed by atoms with van der Waals surface area (Å²) in [6.07, 6.45) is 42.6. The lowest BCUT2D eigenvalue weighted by Gasteiger charge is -2.31. The number of esters is 2. The van der Waals surface area contributed by atoms with E-state index in [2.05, 4.69) is 68.5 Å². The predicted octanol–water partition coefficient (Wildman–Crippen LogP) is 11.0. The van der Waals surface area contributed by atoms with E-state index in [0.717, 1.165) is 83.5 Å². The molecule has 0 rings (SSSR count). The van der Waals surface area contributed by atoms with Gasteiger partial charge in [-0.3, -0.25) is 9.59 Å². The Balaban J connectivity index is 4.42. The molecule has 0 aromatic carbocycles. The maximum Gasteiger partial charge on any atom is 0.362 e. The number of allylic oxidation sites excluding steroid dienone is 10. The molecule has 0 aliphatic rings. The molecule has 8 nitrogen and oxygen atoms in total. The first-order valence-electron chi connectivity index (χ1n) is 20.9. The lowest BCUT2D eigenvalue weighted by atomic mass is 10.1. The second-order valence-corrected chi connectivity index (χ2v) is 15.0. The maximum atomic E-state index is 12.7. The number of carbonyl (C=O) groups excluding carboxylic acids is 2.